The van der Waals surface area contributed by atoms with Crippen LogP contribution in [0.4, 0.5) is 0 Å². The maximum atomic E-state index is 13.1. The summed E-state index contributed by atoms with van der Waals surface area (Å²) in [5.74, 6) is -0.653. The minimum absolute atomic E-state index is 0.0938. The SMILES string of the molecule is CCCN(C[C@H](OC)[C@@H](C)C(=O)N[C@@H](Cc1ccccc1)C(=O)OC)C(=O)CCC[C@@H](C)CC. The van der Waals surface area contributed by atoms with Crippen LogP contribution in [-0.2, 0) is 30.3 Å². The average molecular weight is 477 g/mol. The van der Waals surface area contributed by atoms with Gasteiger partial charge in [0.15, 0.2) is 0 Å². The molecule has 0 aromatic heterocycles. The predicted octanol–water partition coefficient (Wildman–Crippen LogP) is 3.99. The van der Waals surface area contributed by atoms with Crippen molar-refractivity contribution in [2.75, 3.05) is 27.3 Å². The molecule has 0 radical (unpaired) electrons. The molecule has 0 fully saturated rings. The monoisotopic (exact) mass is 476 g/mol. The average Bonchev–Trinajstić information content (AvgIpc) is 2.85. The number of benzene rings is 1. The van der Waals surface area contributed by atoms with Crippen molar-refractivity contribution in [1.29, 1.82) is 0 Å². The molecule has 0 saturated heterocycles. The van der Waals surface area contributed by atoms with Crippen LogP contribution in [0.5, 0.6) is 0 Å². The lowest BCUT2D eigenvalue weighted by Crippen LogP contribution is -2.50. The molecule has 4 atom stereocenters. The van der Waals surface area contributed by atoms with Crippen molar-refractivity contribution in [2.45, 2.75) is 78.4 Å². The van der Waals surface area contributed by atoms with E-state index in [1.165, 1.54) is 7.11 Å². The molecular weight excluding hydrogens is 432 g/mol. The van der Waals surface area contributed by atoms with E-state index < -0.39 is 24.0 Å². The van der Waals surface area contributed by atoms with Crippen molar-refractivity contribution in [3.63, 3.8) is 0 Å². The summed E-state index contributed by atoms with van der Waals surface area (Å²) < 4.78 is 10.5. The standard InChI is InChI=1S/C27H44N2O5/c1-7-17-29(25(30)16-12-13-20(3)8-2)19-24(33-5)21(4)26(31)28-23(27(32)34-6)18-22-14-10-9-11-15-22/h9-11,14-15,20-21,23-24H,7-8,12-13,16-19H2,1-6H3,(H,28,31)/t20-,21+,23-,24-/m0/s1. The zero-order valence-electron chi connectivity index (χ0n) is 21.8. The second kappa shape index (κ2) is 16.3. The van der Waals surface area contributed by atoms with Gasteiger partial charge in [-0.05, 0) is 24.3 Å². The van der Waals surface area contributed by atoms with Crippen molar-refractivity contribution in [2.24, 2.45) is 11.8 Å². The van der Waals surface area contributed by atoms with Crippen LogP contribution in [0.1, 0.15) is 65.4 Å². The Morgan fingerprint density at radius 2 is 1.74 bits per heavy atom. The number of nitrogens with zero attached hydrogens (tertiary/aromatic N) is 1. The van der Waals surface area contributed by atoms with Crippen molar-refractivity contribution in [3.8, 4) is 0 Å². The van der Waals surface area contributed by atoms with E-state index >= 15 is 0 Å². The number of amides is 2. The molecule has 7 nitrogen and oxygen atoms in total. The Kier molecular flexibility index (Phi) is 14.2. The van der Waals surface area contributed by atoms with Gasteiger partial charge in [-0.25, -0.2) is 4.79 Å². The summed E-state index contributed by atoms with van der Waals surface area (Å²) in [6.07, 6.45) is 4.19. The Morgan fingerprint density at radius 3 is 2.29 bits per heavy atom. The summed E-state index contributed by atoms with van der Waals surface area (Å²) in [6.45, 7) is 9.11. The number of hydrogen-bond acceptors (Lipinski definition) is 5. The molecular formula is C27H44N2O5. The Hall–Kier alpha value is -2.41. The highest BCUT2D eigenvalue weighted by Crippen LogP contribution is 2.15. The summed E-state index contributed by atoms with van der Waals surface area (Å²) in [5, 5.41) is 2.82. The quantitative estimate of drug-likeness (QED) is 0.365. The molecule has 1 rings (SSSR count). The molecule has 0 aliphatic heterocycles. The van der Waals surface area contributed by atoms with Crippen molar-refractivity contribution in [1.82, 2.24) is 10.2 Å². The van der Waals surface area contributed by atoms with Crippen LogP contribution in [0.15, 0.2) is 30.3 Å². The third kappa shape index (κ3) is 10.2. The van der Waals surface area contributed by atoms with E-state index in [1.54, 1.807) is 18.9 Å². The van der Waals surface area contributed by atoms with Gasteiger partial charge < -0.3 is 19.7 Å². The maximum Gasteiger partial charge on any atom is 0.328 e. The van der Waals surface area contributed by atoms with Gasteiger partial charge in [-0.2, -0.15) is 0 Å². The van der Waals surface area contributed by atoms with Gasteiger partial charge in [0.05, 0.1) is 19.1 Å². The fraction of sp³-hybridized carbons (Fsp3) is 0.667. The van der Waals surface area contributed by atoms with Gasteiger partial charge >= 0.3 is 5.97 Å². The van der Waals surface area contributed by atoms with Crippen LogP contribution in [0, 0.1) is 11.8 Å². The fourth-order valence-corrected chi connectivity index (χ4v) is 3.86. The first-order valence-electron chi connectivity index (χ1n) is 12.5. The van der Waals surface area contributed by atoms with Crippen LogP contribution < -0.4 is 5.32 Å². The van der Waals surface area contributed by atoms with Crippen LogP contribution in [0.2, 0.25) is 0 Å². The lowest BCUT2D eigenvalue weighted by Gasteiger charge is -2.30. The third-order valence-electron chi connectivity index (χ3n) is 6.39. The number of hydrogen-bond donors (Lipinski definition) is 1. The van der Waals surface area contributed by atoms with Crippen molar-refractivity contribution in [3.05, 3.63) is 35.9 Å². The van der Waals surface area contributed by atoms with Crippen LogP contribution in [0.25, 0.3) is 0 Å². The minimum Gasteiger partial charge on any atom is -0.467 e. The highest BCUT2D eigenvalue weighted by molar-refractivity contribution is 5.86. The highest BCUT2D eigenvalue weighted by atomic mass is 16.5. The lowest BCUT2D eigenvalue weighted by atomic mass is 9.99. The number of ether oxygens (including phenoxy) is 2. The second-order valence-corrected chi connectivity index (χ2v) is 9.08. The molecule has 0 aliphatic carbocycles. The zero-order chi connectivity index (χ0) is 25.5. The first-order valence-corrected chi connectivity index (χ1v) is 12.5. The summed E-state index contributed by atoms with van der Waals surface area (Å²) in [6, 6.07) is 8.68. The third-order valence-corrected chi connectivity index (χ3v) is 6.39. The molecule has 1 aromatic carbocycles. The summed E-state index contributed by atoms with van der Waals surface area (Å²) in [4.78, 5) is 40.0. The van der Waals surface area contributed by atoms with Gasteiger partial charge in [-0.1, -0.05) is 70.9 Å². The van der Waals surface area contributed by atoms with Crippen molar-refractivity contribution >= 4 is 17.8 Å². The number of esters is 1. The van der Waals surface area contributed by atoms with Gasteiger partial charge in [-0.15, -0.1) is 0 Å². The topological polar surface area (TPSA) is 84.9 Å². The Bertz CT molecular complexity index is 740. The summed E-state index contributed by atoms with van der Waals surface area (Å²) in [5.41, 5.74) is 0.922. The molecule has 1 aromatic rings. The predicted molar refractivity (Wildman–Crippen MR) is 134 cm³/mol. The first-order chi connectivity index (χ1) is 16.3. The lowest BCUT2D eigenvalue weighted by molar-refractivity contribution is -0.146. The highest BCUT2D eigenvalue weighted by Gasteiger charge is 2.31. The number of rotatable bonds is 16. The van der Waals surface area contributed by atoms with E-state index in [9.17, 15) is 14.4 Å². The van der Waals surface area contributed by atoms with E-state index in [2.05, 4.69) is 19.2 Å². The summed E-state index contributed by atoms with van der Waals surface area (Å²) >= 11 is 0. The normalized spacial score (nSPS) is 14.5. The first kappa shape index (κ1) is 29.6. The number of methoxy groups -OCH3 is 2. The molecule has 0 heterocycles. The van der Waals surface area contributed by atoms with Crippen LogP contribution in [0.3, 0.4) is 0 Å². The minimum atomic E-state index is -0.797. The van der Waals surface area contributed by atoms with Crippen LogP contribution in [-0.4, -0.2) is 62.1 Å². The number of nitrogens with one attached hydrogen (secondary N) is 1. The number of carbonyl (C=O) groups excluding carboxylic acids is 3. The maximum absolute atomic E-state index is 13.1. The van der Waals surface area contributed by atoms with Gasteiger partial charge in [0, 0.05) is 33.0 Å². The van der Waals surface area contributed by atoms with Gasteiger partial charge in [0.2, 0.25) is 11.8 Å². The number of carbonyl (C=O) groups is 3. The fourth-order valence-electron chi connectivity index (χ4n) is 3.86. The van der Waals surface area contributed by atoms with E-state index in [-0.39, 0.29) is 11.8 Å². The van der Waals surface area contributed by atoms with E-state index in [0.29, 0.717) is 31.8 Å². The molecule has 2 amide bonds. The largest absolute Gasteiger partial charge is 0.467 e. The van der Waals surface area contributed by atoms with E-state index in [0.717, 1.165) is 31.2 Å². The van der Waals surface area contributed by atoms with Crippen LogP contribution >= 0.6 is 0 Å². The van der Waals surface area contributed by atoms with E-state index in [4.69, 9.17) is 9.47 Å². The molecule has 34 heavy (non-hydrogen) atoms. The van der Waals surface area contributed by atoms with E-state index in [1.807, 2.05) is 37.3 Å². The Labute approximate surface area is 205 Å². The van der Waals surface area contributed by atoms with Gasteiger partial charge in [0.25, 0.3) is 0 Å². The molecule has 0 aliphatic rings. The van der Waals surface area contributed by atoms with Gasteiger partial charge in [0.1, 0.15) is 6.04 Å². The molecule has 1 N–H and O–H groups in total. The summed E-state index contributed by atoms with van der Waals surface area (Å²) in [7, 11) is 2.86. The second-order valence-electron chi connectivity index (χ2n) is 9.08. The van der Waals surface area contributed by atoms with Gasteiger partial charge in [-0.3, -0.25) is 9.59 Å². The Morgan fingerprint density at radius 1 is 1.06 bits per heavy atom. The zero-order valence-corrected chi connectivity index (χ0v) is 21.8. The van der Waals surface area contributed by atoms with Crippen molar-refractivity contribution < 1.29 is 23.9 Å². The molecule has 192 valence electrons. The molecule has 0 saturated carbocycles. The molecule has 0 bridgehead atoms. The smallest absolute Gasteiger partial charge is 0.328 e. The molecule has 0 unspecified atom stereocenters. The molecule has 7 heteroatoms. The molecule has 0 spiro atoms. The Balaban J connectivity index is 2.80.